The monoisotopic (exact) mass is 322 g/mol. The van der Waals surface area contributed by atoms with Crippen molar-refractivity contribution in [3.63, 3.8) is 0 Å². The highest BCUT2D eigenvalue weighted by Crippen LogP contribution is 2.57. The molecule has 0 aromatic carbocycles. The van der Waals surface area contributed by atoms with Gasteiger partial charge in [-0.15, -0.1) is 0 Å². The van der Waals surface area contributed by atoms with Gasteiger partial charge in [0.1, 0.15) is 0 Å². The summed E-state index contributed by atoms with van der Waals surface area (Å²) in [5, 5.41) is 10.1. The second-order valence-corrected chi connectivity index (χ2v) is 6.77. The van der Waals surface area contributed by atoms with E-state index >= 15 is 0 Å². The fourth-order valence-electron chi connectivity index (χ4n) is 4.23. The van der Waals surface area contributed by atoms with E-state index < -0.39 is 0 Å². The maximum Gasteiger partial charge on any atom is 0.0573 e. The average Bonchev–Trinajstić information content (AvgIpc) is 2.56. The van der Waals surface area contributed by atoms with Gasteiger partial charge in [-0.2, -0.15) is 0 Å². The molecule has 2 rings (SSSR count). The first-order valence-electron chi connectivity index (χ1n) is 6.33. The van der Waals surface area contributed by atoms with Crippen LogP contribution >= 0.6 is 22.6 Å². The maximum absolute atomic E-state index is 10.1. The van der Waals surface area contributed by atoms with Crippen LogP contribution in [0.4, 0.5) is 0 Å². The topological polar surface area (TPSA) is 20.2 Å². The van der Waals surface area contributed by atoms with Crippen LogP contribution in [0, 0.1) is 23.2 Å². The molecule has 0 aromatic rings. The predicted octanol–water partition coefficient (Wildman–Crippen LogP) is 3.63. The molecule has 0 saturated heterocycles. The zero-order valence-corrected chi connectivity index (χ0v) is 12.0. The molecule has 0 radical (unpaired) electrons. The first-order chi connectivity index (χ1) is 7.09. The van der Waals surface area contributed by atoms with Crippen molar-refractivity contribution in [2.45, 2.75) is 52.1 Å². The van der Waals surface area contributed by atoms with E-state index in [4.69, 9.17) is 0 Å². The van der Waals surface area contributed by atoms with E-state index in [1.807, 2.05) is 0 Å². The third-order valence-corrected chi connectivity index (χ3v) is 6.48. The summed E-state index contributed by atoms with van der Waals surface area (Å²) in [6, 6.07) is 0. The molecular formula is C13H23IO. The van der Waals surface area contributed by atoms with Gasteiger partial charge in [0.2, 0.25) is 0 Å². The van der Waals surface area contributed by atoms with Crippen LogP contribution in [-0.4, -0.2) is 15.6 Å². The van der Waals surface area contributed by atoms with Crippen molar-refractivity contribution >= 4 is 22.6 Å². The Morgan fingerprint density at radius 2 is 2.13 bits per heavy atom. The first kappa shape index (κ1) is 12.2. The molecule has 0 bridgehead atoms. The van der Waals surface area contributed by atoms with Gasteiger partial charge >= 0.3 is 0 Å². The Bertz CT molecular complexity index is 231. The van der Waals surface area contributed by atoms with Gasteiger partial charge in [0.15, 0.2) is 0 Å². The minimum atomic E-state index is -0.00448. The summed E-state index contributed by atoms with van der Waals surface area (Å²) in [6.45, 7) is 4.84. The second-order valence-electron chi connectivity index (χ2n) is 5.89. The normalized spacial score (nSPS) is 47.6. The smallest absolute Gasteiger partial charge is 0.0573 e. The van der Waals surface area contributed by atoms with Crippen molar-refractivity contribution in [3.8, 4) is 0 Å². The molecular weight excluding hydrogens is 299 g/mol. The van der Waals surface area contributed by atoms with Crippen LogP contribution in [0.1, 0.15) is 46.0 Å². The quantitative estimate of drug-likeness (QED) is 0.608. The Kier molecular flexibility index (Phi) is 3.66. The minimum Gasteiger partial charge on any atom is -0.393 e. The lowest BCUT2D eigenvalue weighted by molar-refractivity contribution is -0.0247. The molecule has 2 heteroatoms. The Hall–Kier alpha value is 0.690. The number of hydrogen-bond donors (Lipinski definition) is 1. The van der Waals surface area contributed by atoms with Crippen molar-refractivity contribution < 1.29 is 5.11 Å². The maximum atomic E-state index is 10.1. The highest BCUT2D eigenvalue weighted by molar-refractivity contribution is 14.1. The van der Waals surface area contributed by atoms with Gasteiger partial charge in [-0.1, -0.05) is 42.9 Å². The van der Waals surface area contributed by atoms with Crippen LogP contribution in [-0.2, 0) is 0 Å². The number of aliphatic hydroxyl groups is 1. The van der Waals surface area contributed by atoms with E-state index in [1.165, 1.54) is 30.1 Å². The lowest BCUT2D eigenvalue weighted by Gasteiger charge is -2.45. The summed E-state index contributed by atoms with van der Waals surface area (Å²) in [5.74, 6) is 2.28. The van der Waals surface area contributed by atoms with E-state index in [1.54, 1.807) is 0 Å². The van der Waals surface area contributed by atoms with Crippen LogP contribution in [0.2, 0.25) is 0 Å². The van der Waals surface area contributed by atoms with E-state index in [9.17, 15) is 5.11 Å². The lowest BCUT2D eigenvalue weighted by Crippen LogP contribution is -2.41. The predicted molar refractivity (Wildman–Crippen MR) is 72.2 cm³/mol. The molecule has 15 heavy (non-hydrogen) atoms. The van der Waals surface area contributed by atoms with Crippen molar-refractivity contribution in [1.29, 1.82) is 0 Å². The van der Waals surface area contributed by atoms with Crippen molar-refractivity contribution in [2.75, 3.05) is 4.43 Å². The highest BCUT2D eigenvalue weighted by Gasteiger charge is 2.51. The first-order valence-corrected chi connectivity index (χ1v) is 7.86. The van der Waals surface area contributed by atoms with Gasteiger partial charge < -0.3 is 5.11 Å². The lowest BCUT2D eigenvalue weighted by atomic mass is 9.62. The van der Waals surface area contributed by atoms with E-state index in [2.05, 4.69) is 36.4 Å². The molecule has 1 N–H and O–H groups in total. The van der Waals surface area contributed by atoms with Gasteiger partial charge in [0.25, 0.3) is 0 Å². The highest BCUT2D eigenvalue weighted by atomic mass is 127. The Labute approximate surface area is 107 Å². The van der Waals surface area contributed by atoms with Crippen LogP contribution in [0.15, 0.2) is 0 Å². The number of rotatable bonds is 2. The zero-order chi connectivity index (χ0) is 11.1. The number of fused-ring (bicyclic) bond motifs is 1. The van der Waals surface area contributed by atoms with Gasteiger partial charge in [0, 0.05) is 4.43 Å². The summed E-state index contributed by atoms with van der Waals surface area (Å²) >= 11 is 2.52. The summed E-state index contributed by atoms with van der Waals surface area (Å²) in [5.41, 5.74) is 0.447. The molecule has 0 amide bonds. The van der Waals surface area contributed by atoms with Gasteiger partial charge in [0.05, 0.1) is 6.10 Å². The molecule has 0 aliphatic heterocycles. The molecule has 2 saturated carbocycles. The van der Waals surface area contributed by atoms with E-state index in [-0.39, 0.29) is 6.10 Å². The van der Waals surface area contributed by atoms with Crippen LogP contribution in [0.5, 0.6) is 0 Å². The van der Waals surface area contributed by atoms with Crippen LogP contribution in [0.25, 0.3) is 0 Å². The largest absolute Gasteiger partial charge is 0.393 e. The van der Waals surface area contributed by atoms with Gasteiger partial charge in [-0.25, -0.2) is 0 Å². The molecule has 2 aliphatic carbocycles. The average molecular weight is 322 g/mol. The molecule has 88 valence electrons. The molecule has 5 atom stereocenters. The second kappa shape index (κ2) is 4.52. The molecule has 2 fully saturated rings. The number of halogens is 1. The Morgan fingerprint density at radius 1 is 1.40 bits per heavy atom. The number of alkyl halides is 1. The summed E-state index contributed by atoms with van der Waals surface area (Å²) < 4.78 is 1.26. The van der Waals surface area contributed by atoms with E-state index in [0.29, 0.717) is 11.3 Å². The van der Waals surface area contributed by atoms with Crippen molar-refractivity contribution in [1.82, 2.24) is 0 Å². The van der Waals surface area contributed by atoms with Crippen molar-refractivity contribution in [3.05, 3.63) is 0 Å². The zero-order valence-electron chi connectivity index (χ0n) is 9.88. The molecule has 0 spiro atoms. The van der Waals surface area contributed by atoms with Crippen molar-refractivity contribution in [2.24, 2.45) is 23.2 Å². The van der Waals surface area contributed by atoms with Crippen LogP contribution < -0.4 is 0 Å². The Morgan fingerprint density at radius 3 is 2.80 bits per heavy atom. The molecule has 1 nitrogen and oxygen atoms in total. The fourth-order valence-corrected chi connectivity index (χ4v) is 4.85. The SMILES string of the molecule is CC(CI)C1CCC2[C@@H](O)CCC[C@]12C. The molecule has 2 aliphatic rings. The third-order valence-electron chi connectivity index (χ3n) is 5.09. The van der Waals surface area contributed by atoms with Gasteiger partial charge in [-0.05, 0) is 48.9 Å². The fraction of sp³-hybridized carbons (Fsp3) is 1.00. The number of hydrogen-bond acceptors (Lipinski definition) is 1. The summed E-state index contributed by atoms with van der Waals surface area (Å²) in [4.78, 5) is 0. The van der Waals surface area contributed by atoms with Crippen LogP contribution in [0.3, 0.4) is 0 Å². The Balaban J connectivity index is 2.17. The molecule has 3 unspecified atom stereocenters. The summed E-state index contributed by atoms with van der Waals surface area (Å²) in [7, 11) is 0. The molecule has 0 heterocycles. The minimum absolute atomic E-state index is 0.00448. The number of aliphatic hydroxyl groups excluding tert-OH is 1. The third kappa shape index (κ3) is 1.97. The van der Waals surface area contributed by atoms with E-state index in [0.717, 1.165) is 18.3 Å². The van der Waals surface area contributed by atoms with Gasteiger partial charge in [-0.3, -0.25) is 0 Å². The standard InChI is InChI=1S/C13H23IO/c1-9(8-14)10-5-6-11-12(15)4-3-7-13(10,11)2/h9-12,15H,3-8H2,1-2H3/t9?,10?,11?,12-,13+/m0/s1. The molecule has 0 aromatic heterocycles. The summed E-state index contributed by atoms with van der Waals surface area (Å²) in [6.07, 6.45) is 6.24.